The van der Waals surface area contributed by atoms with Crippen molar-refractivity contribution in [3.8, 4) is 56.4 Å². The lowest BCUT2D eigenvalue weighted by molar-refractivity contribution is 0.957. The van der Waals surface area contributed by atoms with E-state index < -0.39 is 0 Å². The Morgan fingerprint density at radius 3 is 1.38 bits per heavy atom. The molecule has 6 nitrogen and oxygen atoms in total. The normalized spacial score (nSPS) is 14.8. The van der Waals surface area contributed by atoms with Gasteiger partial charge in [-0.3, -0.25) is 0 Å². The fraction of sp³-hybridized carbons (Fsp3) is 0.103. The van der Waals surface area contributed by atoms with E-state index in [1.807, 2.05) is 36.4 Å². The third kappa shape index (κ3) is 8.10. The molecule has 0 saturated heterocycles. The Kier molecular flexibility index (Phi) is 10.6. The van der Waals surface area contributed by atoms with E-state index in [9.17, 15) is 0 Å². The lowest BCUT2D eigenvalue weighted by atomic mass is 9.86. The van der Waals surface area contributed by atoms with E-state index in [1.54, 1.807) is 0 Å². The van der Waals surface area contributed by atoms with Crippen LogP contribution in [0.15, 0.2) is 194 Å². The molecule has 0 spiro atoms. The number of nitrogens with zero attached hydrogens (tertiary/aromatic N) is 6. The summed E-state index contributed by atoms with van der Waals surface area (Å²) in [6, 6.07) is 51.3. The predicted molar refractivity (Wildman–Crippen MR) is 262 cm³/mol. The van der Waals surface area contributed by atoms with Gasteiger partial charge in [-0.25, -0.2) is 29.9 Å². The molecule has 64 heavy (non-hydrogen) atoms. The predicted octanol–water partition coefficient (Wildman–Crippen LogP) is 14.3. The van der Waals surface area contributed by atoms with Crippen molar-refractivity contribution in [2.24, 2.45) is 0 Å². The van der Waals surface area contributed by atoms with Gasteiger partial charge in [0.1, 0.15) is 0 Å². The summed E-state index contributed by atoms with van der Waals surface area (Å²) in [6.45, 7) is 0. The molecular formula is C58H44N6. The van der Waals surface area contributed by atoms with Gasteiger partial charge in [0.05, 0.1) is 0 Å². The minimum absolute atomic E-state index is 0.653. The van der Waals surface area contributed by atoms with Gasteiger partial charge < -0.3 is 0 Å². The first kappa shape index (κ1) is 38.9. The number of allylic oxidation sites excluding steroid dienone is 12. The topological polar surface area (TPSA) is 77.3 Å². The molecule has 0 bridgehead atoms. The lowest BCUT2D eigenvalue weighted by Gasteiger charge is -2.19. The first-order valence-corrected chi connectivity index (χ1v) is 22.2. The monoisotopic (exact) mass is 824 g/mol. The summed E-state index contributed by atoms with van der Waals surface area (Å²) in [5, 5.41) is 2.45. The Bertz CT molecular complexity index is 3250. The molecule has 2 heterocycles. The molecule has 11 rings (SSSR count). The third-order valence-electron chi connectivity index (χ3n) is 12.2. The SMILES string of the molecule is C1=CC(c2nc(C3=CC=C(c4ccc(-c5ccc6ccccc6c5)cc4-c4ccc(-c5nc(C6=CCCC=C6)nc(-c6ccccc6)n5)cc4)CC3)nc(-c3ccccc3)n2)=CCC1. The van der Waals surface area contributed by atoms with Crippen LogP contribution in [0.3, 0.4) is 0 Å². The van der Waals surface area contributed by atoms with Crippen molar-refractivity contribution in [1.29, 1.82) is 0 Å². The number of aromatic nitrogens is 6. The van der Waals surface area contributed by atoms with Crippen LogP contribution in [0.4, 0.5) is 0 Å². The van der Waals surface area contributed by atoms with Crippen molar-refractivity contribution in [3.05, 3.63) is 217 Å². The summed E-state index contributed by atoms with van der Waals surface area (Å²) in [4.78, 5) is 30.0. The highest BCUT2D eigenvalue weighted by atomic mass is 15.0. The molecule has 0 atom stereocenters. The van der Waals surface area contributed by atoms with Crippen molar-refractivity contribution in [1.82, 2.24) is 29.9 Å². The van der Waals surface area contributed by atoms with Crippen LogP contribution in [0, 0.1) is 0 Å². The zero-order chi connectivity index (χ0) is 42.7. The maximum Gasteiger partial charge on any atom is 0.164 e. The van der Waals surface area contributed by atoms with E-state index in [4.69, 9.17) is 29.9 Å². The summed E-state index contributed by atoms with van der Waals surface area (Å²) in [5.74, 6) is 4.16. The summed E-state index contributed by atoms with van der Waals surface area (Å²) >= 11 is 0. The highest BCUT2D eigenvalue weighted by Gasteiger charge is 2.20. The van der Waals surface area contributed by atoms with Gasteiger partial charge in [-0.2, -0.15) is 0 Å². The van der Waals surface area contributed by atoms with E-state index in [0.29, 0.717) is 23.3 Å². The fourth-order valence-electron chi connectivity index (χ4n) is 8.73. The van der Waals surface area contributed by atoms with Crippen molar-refractivity contribution < 1.29 is 0 Å². The molecule has 306 valence electrons. The molecule has 0 fully saturated rings. The first-order valence-electron chi connectivity index (χ1n) is 22.2. The molecule has 3 aliphatic carbocycles. The van der Waals surface area contributed by atoms with Crippen LogP contribution in [0.25, 0.3) is 89.5 Å². The van der Waals surface area contributed by atoms with Gasteiger partial charge in [0.15, 0.2) is 34.9 Å². The van der Waals surface area contributed by atoms with Crippen LogP contribution in [-0.4, -0.2) is 29.9 Å². The number of fused-ring (bicyclic) bond motifs is 1. The van der Waals surface area contributed by atoms with Gasteiger partial charge in [0.25, 0.3) is 0 Å². The quantitative estimate of drug-likeness (QED) is 0.144. The van der Waals surface area contributed by atoms with E-state index in [-0.39, 0.29) is 0 Å². The van der Waals surface area contributed by atoms with Gasteiger partial charge >= 0.3 is 0 Å². The number of benzene rings is 6. The molecule has 0 unspecified atom stereocenters. The average molecular weight is 825 g/mol. The second kappa shape index (κ2) is 17.4. The minimum Gasteiger partial charge on any atom is -0.209 e. The van der Waals surface area contributed by atoms with E-state index in [2.05, 4.69) is 158 Å². The van der Waals surface area contributed by atoms with Crippen molar-refractivity contribution in [2.45, 2.75) is 38.5 Å². The molecule has 0 N–H and O–H groups in total. The molecule has 0 saturated carbocycles. The molecular weight excluding hydrogens is 781 g/mol. The van der Waals surface area contributed by atoms with Crippen LogP contribution in [0.1, 0.15) is 61.6 Å². The lowest BCUT2D eigenvalue weighted by Crippen LogP contribution is -2.06. The van der Waals surface area contributed by atoms with Crippen molar-refractivity contribution in [3.63, 3.8) is 0 Å². The van der Waals surface area contributed by atoms with Crippen LogP contribution in [-0.2, 0) is 0 Å². The van der Waals surface area contributed by atoms with E-state index in [0.717, 1.165) is 89.1 Å². The molecule has 6 heteroatoms. The van der Waals surface area contributed by atoms with Gasteiger partial charge in [-0.15, -0.1) is 0 Å². The summed E-state index contributed by atoms with van der Waals surface area (Å²) in [7, 11) is 0. The summed E-state index contributed by atoms with van der Waals surface area (Å²) < 4.78 is 0. The average Bonchev–Trinajstić information content (AvgIpc) is 3.39. The first-order chi connectivity index (χ1) is 31.7. The molecule has 3 aliphatic rings. The van der Waals surface area contributed by atoms with Gasteiger partial charge in [0, 0.05) is 27.8 Å². The Morgan fingerprint density at radius 1 is 0.312 bits per heavy atom. The highest BCUT2D eigenvalue weighted by Crippen LogP contribution is 2.40. The van der Waals surface area contributed by atoms with Gasteiger partial charge in [-0.1, -0.05) is 182 Å². The smallest absolute Gasteiger partial charge is 0.164 e. The number of rotatable bonds is 9. The Balaban J connectivity index is 0.989. The van der Waals surface area contributed by atoms with Crippen LogP contribution < -0.4 is 0 Å². The van der Waals surface area contributed by atoms with Gasteiger partial charge in [-0.05, 0) is 100 Å². The maximum absolute atomic E-state index is 5.06. The van der Waals surface area contributed by atoms with Crippen LogP contribution in [0.5, 0.6) is 0 Å². The molecule has 0 aliphatic heterocycles. The minimum atomic E-state index is 0.653. The fourth-order valence-corrected chi connectivity index (χ4v) is 8.73. The summed E-state index contributed by atoms with van der Waals surface area (Å²) in [5.41, 5.74) is 13.2. The zero-order valence-corrected chi connectivity index (χ0v) is 35.4. The Morgan fingerprint density at radius 2 is 0.781 bits per heavy atom. The van der Waals surface area contributed by atoms with E-state index in [1.165, 1.54) is 38.6 Å². The molecule has 6 aromatic carbocycles. The molecule has 0 radical (unpaired) electrons. The van der Waals surface area contributed by atoms with E-state index >= 15 is 0 Å². The zero-order valence-electron chi connectivity index (χ0n) is 35.4. The number of hydrogen-bond acceptors (Lipinski definition) is 6. The van der Waals surface area contributed by atoms with Crippen LogP contribution >= 0.6 is 0 Å². The second-order valence-corrected chi connectivity index (χ2v) is 16.4. The Hall–Kier alpha value is -7.96. The van der Waals surface area contributed by atoms with Crippen LogP contribution in [0.2, 0.25) is 0 Å². The number of hydrogen-bond donors (Lipinski definition) is 0. The molecule has 0 amide bonds. The second-order valence-electron chi connectivity index (χ2n) is 16.4. The largest absolute Gasteiger partial charge is 0.209 e. The van der Waals surface area contributed by atoms with Crippen molar-refractivity contribution >= 4 is 33.1 Å². The van der Waals surface area contributed by atoms with Crippen molar-refractivity contribution in [2.75, 3.05) is 0 Å². The van der Waals surface area contributed by atoms with Gasteiger partial charge in [0.2, 0.25) is 0 Å². The standard InChI is InChI=1S/C58H44N6/c1-5-16-42(17-6-1)53-59-54(43-18-7-2-8-19-43)62-57(61-53)46-30-26-40(27-31-46)51-36-35-50(49-34-25-39-15-13-14-24-48(39)37-49)38-52(51)41-28-32-47(33-29-41)58-63-55(44-20-9-3-10-21-44)60-56(64-58)45-22-11-4-12-23-45/h1,3,5-7,9-11,13-26,28-30,32-38H,2,4,8,12,27,31H2. The third-order valence-corrected chi connectivity index (χ3v) is 12.2. The molecule has 8 aromatic rings. The highest BCUT2D eigenvalue weighted by molar-refractivity contribution is 5.91. The molecule has 2 aromatic heterocycles. The Labute approximate surface area is 373 Å². The maximum atomic E-state index is 5.06. The summed E-state index contributed by atoms with van der Waals surface area (Å²) in [6.07, 6.45) is 23.2.